The molecule has 0 amide bonds. The van der Waals surface area contributed by atoms with Crippen molar-refractivity contribution >= 4 is 28.7 Å². The van der Waals surface area contributed by atoms with Crippen LogP contribution in [0.15, 0.2) is 67.0 Å². The third-order valence-electron chi connectivity index (χ3n) is 3.37. The lowest BCUT2D eigenvalue weighted by atomic mass is 10.2. The monoisotopic (exact) mass is 306 g/mol. The second-order valence-corrected chi connectivity index (χ2v) is 4.85. The second kappa shape index (κ2) is 6.65. The summed E-state index contributed by atoms with van der Waals surface area (Å²) in [6, 6.07) is 19.9. The second-order valence-electron chi connectivity index (χ2n) is 4.85. The van der Waals surface area contributed by atoms with Crippen molar-refractivity contribution in [3.05, 3.63) is 67.0 Å². The molecule has 6 nitrogen and oxygen atoms in total. The number of para-hydroxylation sites is 2. The average Bonchev–Trinajstić information content (AvgIpc) is 2.62. The van der Waals surface area contributed by atoms with E-state index in [0.29, 0.717) is 17.3 Å². The van der Waals surface area contributed by atoms with Crippen molar-refractivity contribution in [1.82, 2.24) is 9.97 Å². The summed E-state index contributed by atoms with van der Waals surface area (Å²) in [4.78, 5) is 8.35. The van der Waals surface area contributed by atoms with Gasteiger partial charge in [0.1, 0.15) is 12.0 Å². The Hall–Kier alpha value is -3.28. The predicted octanol–water partition coefficient (Wildman–Crippen LogP) is 3.27. The van der Waals surface area contributed by atoms with Crippen LogP contribution in [0.1, 0.15) is 0 Å². The highest BCUT2D eigenvalue weighted by Crippen LogP contribution is 2.28. The summed E-state index contributed by atoms with van der Waals surface area (Å²) in [6.07, 6.45) is 1.47. The summed E-state index contributed by atoms with van der Waals surface area (Å²) in [5.41, 5.74) is 11.8. The Labute approximate surface area is 135 Å². The van der Waals surface area contributed by atoms with Crippen molar-refractivity contribution in [3.8, 4) is 0 Å². The van der Waals surface area contributed by atoms with Gasteiger partial charge in [-0.05, 0) is 24.3 Å². The zero-order valence-corrected chi connectivity index (χ0v) is 12.8. The lowest BCUT2D eigenvalue weighted by Gasteiger charge is -2.26. The zero-order valence-electron chi connectivity index (χ0n) is 12.8. The van der Waals surface area contributed by atoms with E-state index in [1.165, 1.54) is 6.33 Å². The van der Waals surface area contributed by atoms with Crippen molar-refractivity contribution in [2.45, 2.75) is 0 Å². The van der Waals surface area contributed by atoms with Crippen LogP contribution < -0.4 is 21.5 Å². The molecule has 0 unspecified atom stereocenters. The molecule has 3 aromatic rings. The molecule has 0 spiro atoms. The van der Waals surface area contributed by atoms with Crippen LogP contribution in [0.5, 0.6) is 0 Å². The first-order valence-electron chi connectivity index (χ1n) is 7.24. The molecule has 0 aliphatic carbocycles. The Kier molecular flexibility index (Phi) is 4.24. The van der Waals surface area contributed by atoms with E-state index < -0.39 is 0 Å². The van der Waals surface area contributed by atoms with Gasteiger partial charge in [0.05, 0.1) is 11.4 Å². The summed E-state index contributed by atoms with van der Waals surface area (Å²) in [7, 11) is 1.77. The van der Waals surface area contributed by atoms with E-state index in [1.54, 1.807) is 7.05 Å². The van der Waals surface area contributed by atoms with Crippen LogP contribution in [-0.4, -0.2) is 17.0 Å². The molecule has 0 saturated heterocycles. The van der Waals surface area contributed by atoms with Crippen molar-refractivity contribution in [2.24, 2.45) is 0 Å². The summed E-state index contributed by atoms with van der Waals surface area (Å²) in [5.74, 6) is 1.13. The minimum absolute atomic E-state index is 0.465. The first-order valence-corrected chi connectivity index (χ1v) is 7.24. The summed E-state index contributed by atoms with van der Waals surface area (Å²) in [5, 5.41) is 4.88. The number of hydrogen-bond acceptors (Lipinski definition) is 6. The van der Waals surface area contributed by atoms with Gasteiger partial charge < -0.3 is 11.1 Å². The summed E-state index contributed by atoms with van der Waals surface area (Å²) in [6.45, 7) is 0. The first kappa shape index (κ1) is 14.6. The van der Waals surface area contributed by atoms with Crippen LogP contribution >= 0.6 is 0 Å². The fourth-order valence-corrected chi connectivity index (χ4v) is 2.22. The van der Waals surface area contributed by atoms with Gasteiger partial charge in [-0.1, -0.05) is 36.4 Å². The molecule has 0 aliphatic heterocycles. The normalized spacial score (nSPS) is 10.1. The molecule has 3 rings (SSSR count). The number of nitrogens with zero attached hydrogens (tertiary/aromatic N) is 3. The average molecular weight is 306 g/mol. The van der Waals surface area contributed by atoms with E-state index in [1.807, 2.05) is 65.7 Å². The van der Waals surface area contributed by atoms with Crippen LogP contribution in [0.2, 0.25) is 0 Å². The molecule has 1 aromatic heterocycles. The standard InChI is InChI=1S/C17H18N6/c1-19-16-15(18)17(21-12-20-16)22-23(13-8-4-2-5-9-13)14-10-6-3-7-11-14/h2-12H,18H2,1H3,(H2,19,20,21,22). The van der Waals surface area contributed by atoms with E-state index in [0.717, 1.165) is 11.4 Å². The van der Waals surface area contributed by atoms with Crippen molar-refractivity contribution in [3.63, 3.8) is 0 Å². The highest BCUT2D eigenvalue weighted by atomic mass is 15.5. The lowest BCUT2D eigenvalue weighted by molar-refractivity contribution is 1.09. The minimum Gasteiger partial charge on any atom is -0.393 e. The first-order chi connectivity index (χ1) is 11.3. The summed E-state index contributed by atoms with van der Waals surface area (Å²) < 4.78 is 0. The van der Waals surface area contributed by atoms with Crippen molar-refractivity contribution in [1.29, 1.82) is 0 Å². The fraction of sp³-hybridized carbons (Fsp3) is 0.0588. The molecule has 23 heavy (non-hydrogen) atoms. The van der Waals surface area contributed by atoms with Crippen LogP contribution in [-0.2, 0) is 0 Å². The summed E-state index contributed by atoms with van der Waals surface area (Å²) >= 11 is 0. The van der Waals surface area contributed by atoms with Gasteiger partial charge in [-0.2, -0.15) is 0 Å². The number of hydrazine groups is 1. The topological polar surface area (TPSA) is 79.1 Å². The van der Waals surface area contributed by atoms with E-state index in [2.05, 4.69) is 20.7 Å². The molecule has 0 atom stereocenters. The van der Waals surface area contributed by atoms with E-state index in [-0.39, 0.29) is 0 Å². The predicted molar refractivity (Wildman–Crippen MR) is 94.6 cm³/mol. The number of nitrogens with one attached hydrogen (secondary N) is 2. The minimum atomic E-state index is 0.465. The Balaban J connectivity index is 2.00. The van der Waals surface area contributed by atoms with Gasteiger partial charge in [0.2, 0.25) is 0 Å². The van der Waals surface area contributed by atoms with E-state index in [4.69, 9.17) is 5.73 Å². The highest BCUT2D eigenvalue weighted by molar-refractivity contribution is 5.77. The molecule has 2 aromatic carbocycles. The Morgan fingerprint density at radius 2 is 1.35 bits per heavy atom. The van der Waals surface area contributed by atoms with Crippen LogP contribution in [0.3, 0.4) is 0 Å². The van der Waals surface area contributed by atoms with Crippen molar-refractivity contribution < 1.29 is 0 Å². The third-order valence-corrected chi connectivity index (χ3v) is 3.37. The molecule has 4 N–H and O–H groups in total. The van der Waals surface area contributed by atoms with Gasteiger partial charge >= 0.3 is 0 Å². The SMILES string of the molecule is CNc1ncnc(NN(c2ccccc2)c2ccccc2)c1N. The number of hydrogen-bond donors (Lipinski definition) is 3. The van der Waals surface area contributed by atoms with Gasteiger partial charge in [0.25, 0.3) is 0 Å². The number of nitrogen functional groups attached to an aromatic ring is 1. The lowest BCUT2D eigenvalue weighted by Crippen LogP contribution is -2.26. The molecule has 0 saturated carbocycles. The quantitative estimate of drug-likeness (QED) is 0.628. The number of aromatic nitrogens is 2. The van der Waals surface area contributed by atoms with E-state index >= 15 is 0 Å². The molecule has 6 heteroatoms. The molecule has 0 radical (unpaired) electrons. The third kappa shape index (κ3) is 3.16. The zero-order chi connectivity index (χ0) is 16.1. The number of benzene rings is 2. The van der Waals surface area contributed by atoms with Gasteiger partial charge in [-0.15, -0.1) is 0 Å². The van der Waals surface area contributed by atoms with Gasteiger partial charge in [-0.3, -0.25) is 10.4 Å². The van der Waals surface area contributed by atoms with Crippen LogP contribution in [0, 0.1) is 0 Å². The Morgan fingerprint density at radius 1 is 0.826 bits per heavy atom. The van der Waals surface area contributed by atoms with Gasteiger partial charge in [0.15, 0.2) is 11.6 Å². The maximum Gasteiger partial charge on any atom is 0.173 e. The molecule has 116 valence electrons. The number of nitrogens with two attached hydrogens (primary N) is 1. The largest absolute Gasteiger partial charge is 0.393 e. The Bertz CT molecular complexity index is 721. The van der Waals surface area contributed by atoms with Gasteiger partial charge in [-0.25, -0.2) is 9.97 Å². The molecule has 0 aliphatic rings. The van der Waals surface area contributed by atoms with Crippen molar-refractivity contribution in [2.75, 3.05) is 28.5 Å². The molecular weight excluding hydrogens is 288 g/mol. The number of anilines is 5. The maximum absolute atomic E-state index is 6.12. The smallest absolute Gasteiger partial charge is 0.173 e. The van der Waals surface area contributed by atoms with Crippen LogP contribution in [0.25, 0.3) is 0 Å². The van der Waals surface area contributed by atoms with E-state index in [9.17, 15) is 0 Å². The van der Waals surface area contributed by atoms with Crippen LogP contribution in [0.4, 0.5) is 28.7 Å². The molecule has 0 bridgehead atoms. The molecule has 0 fully saturated rings. The highest BCUT2D eigenvalue weighted by Gasteiger charge is 2.13. The van der Waals surface area contributed by atoms with Gasteiger partial charge in [0, 0.05) is 7.05 Å². The number of rotatable bonds is 5. The maximum atomic E-state index is 6.12. The fourth-order valence-electron chi connectivity index (χ4n) is 2.22. The molecular formula is C17H18N6. The molecule has 1 heterocycles. The Morgan fingerprint density at radius 3 is 1.87 bits per heavy atom.